The number of hydrogen-bond acceptors (Lipinski definition) is 7. The van der Waals surface area contributed by atoms with Crippen molar-refractivity contribution in [2.45, 2.75) is 19.4 Å². The smallest absolute Gasteiger partial charge is 0.322 e. The Balaban J connectivity index is 2.08. The van der Waals surface area contributed by atoms with E-state index >= 15 is 0 Å². The van der Waals surface area contributed by atoms with E-state index in [1.54, 1.807) is 30.3 Å². The second kappa shape index (κ2) is 11.8. The highest BCUT2D eigenvalue weighted by Crippen LogP contribution is 2.29. The highest BCUT2D eigenvalue weighted by Gasteiger charge is 2.21. The van der Waals surface area contributed by atoms with Gasteiger partial charge in [0, 0.05) is 13.3 Å². The predicted octanol–water partition coefficient (Wildman–Crippen LogP) is 1.17. The van der Waals surface area contributed by atoms with E-state index in [0.29, 0.717) is 11.3 Å². The first-order valence-electron chi connectivity index (χ1n) is 9.56. The van der Waals surface area contributed by atoms with Crippen LogP contribution in [0.15, 0.2) is 58.8 Å². The fourth-order valence-corrected chi connectivity index (χ4v) is 2.60. The van der Waals surface area contributed by atoms with Gasteiger partial charge in [0.25, 0.3) is 0 Å². The highest BCUT2D eigenvalue weighted by molar-refractivity contribution is 5.91. The molecule has 0 heterocycles. The summed E-state index contributed by atoms with van der Waals surface area (Å²) in [7, 11) is 0. The standard InChI is InChI=1S/C21H23N5O6/c1-13(27)24-17(21(32)23-11-19(29)22-12-20(30)31)10-14-7-8-18(28)16(9-14)26-25-15-5-3-2-4-6-15/h2-9,17,28H,10-12H2,1H3,(H,22,29)(H,23,32)(H,24,27)(H,30,31)/t17-/m0/s1. The zero-order valence-corrected chi connectivity index (χ0v) is 17.2. The first kappa shape index (κ1) is 24.0. The molecule has 0 bridgehead atoms. The van der Waals surface area contributed by atoms with Crippen molar-refractivity contribution in [3.05, 3.63) is 54.1 Å². The van der Waals surface area contributed by atoms with Gasteiger partial charge in [-0.1, -0.05) is 24.3 Å². The van der Waals surface area contributed by atoms with Gasteiger partial charge >= 0.3 is 5.97 Å². The van der Waals surface area contributed by atoms with Crippen LogP contribution < -0.4 is 16.0 Å². The number of carboxylic acids is 1. The van der Waals surface area contributed by atoms with Crippen molar-refractivity contribution in [3.8, 4) is 5.75 Å². The summed E-state index contributed by atoms with van der Waals surface area (Å²) in [6, 6.07) is 12.4. The van der Waals surface area contributed by atoms with Gasteiger partial charge in [0.05, 0.1) is 12.2 Å². The number of aromatic hydroxyl groups is 1. The summed E-state index contributed by atoms with van der Waals surface area (Å²) in [4.78, 5) is 46.1. The topological polar surface area (TPSA) is 170 Å². The van der Waals surface area contributed by atoms with Crippen LogP contribution in [0.1, 0.15) is 12.5 Å². The van der Waals surface area contributed by atoms with E-state index in [-0.39, 0.29) is 17.9 Å². The fraction of sp³-hybridized carbons (Fsp3) is 0.238. The molecule has 0 saturated carbocycles. The molecule has 32 heavy (non-hydrogen) atoms. The summed E-state index contributed by atoms with van der Waals surface area (Å²) < 4.78 is 0. The number of aliphatic carboxylic acids is 1. The Kier molecular flexibility index (Phi) is 8.84. The van der Waals surface area contributed by atoms with Crippen LogP contribution in [0, 0.1) is 0 Å². The highest BCUT2D eigenvalue weighted by atomic mass is 16.4. The molecule has 0 saturated heterocycles. The minimum atomic E-state index is -1.21. The molecule has 11 nitrogen and oxygen atoms in total. The predicted molar refractivity (Wildman–Crippen MR) is 114 cm³/mol. The van der Waals surface area contributed by atoms with E-state index < -0.39 is 42.8 Å². The van der Waals surface area contributed by atoms with Crippen LogP contribution in [-0.2, 0) is 25.6 Å². The Labute approximate surface area is 183 Å². The number of azo groups is 1. The van der Waals surface area contributed by atoms with Gasteiger partial charge in [-0.15, -0.1) is 5.11 Å². The fourth-order valence-electron chi connectivity index (χ4n) is 2.60. The summed E-state index contributed by atoms with van der Waals surface area (Å²) >= 11 is 0. The van der Waals surface area contributed by atoms with Gasteiger partial charge < -0.3 is 26.2 Å². The first-order chi connectivity index (χ1) is 15.2. The van der Waals surface area contributed by atoms with Crippen molar-refractivity contribution < 1.29 is 29.4 Å². The number of nitrogens with one attached hydrogen (secondary N) is 3. The maximum absolute atomic E-state index is 12.5. The van der Waals surface area contributed by atoms with Gasteiger partial charge in [0.2, 0.25) is 17.7 Å². The Morgan fingerprint density at radius 2 is 1.69 bits per heavy atom. The number of carbonyl (C=O) groups excluding carboxylic acids is 3. The molecule has 0 radical (unpaired) electrons. The number of rotatable bonds is 10. The molecule has 2 aromatic rings. The van der Waals surface area contributed by atoms with Crippen molar-refractivity contribution in [2.75, 3.05) is 13.1 Å². The summed E-state index contributed by atoms with van der Waals surface area (Å²) in [6.07, 6.45) is 0.0519. The minimum Gasteiger partial charge on any atom is -0.506 e. The molecule has 0 unspecified atom stereocenters. The van der Waals surface area contributed by atoms with Crippen LogP contribution >= 0.6 is 0 Å². The van der Waals surface area contributed by atoms with Gasteiger partial charge in [-0.05, 0) is 29.8 Å². The maximum atomic E-state index is 12.5. The lowest BCUT2D eigenvalue weighted by Crippen LogP contribution is -2.49. The van der Waals surface area contributed by atoms with E-state index in [4.69, 9.17) is 5.11 Å². The van der Waals surface area contributed by atoms with Crippen molar-refractivity contribution in [1.82, 2.24) is 16.0 Å². The Bertz CT molecular complexity index is 1010. The van der Waals surface area contributed by atoms with E-state index in [9.17, 15) is 24.3 Å². The van der Waals surface area contributed by atoms with Gasteiger partial charge in [-0.25, -0.2) is 0 Å². The number of carbonyl (C=O) groups is 4. The lowest BCUT2D eigenvalue weighted by atomic mass is 10.0. The first-order valence-corrected chi connectivity index (χ1v) is 9.56. The third-order valence-corrected chi connectivity index (χ3v) is 4.06. The molecule has 0 aliphatic heterocycles. The number of phenolic OH excluding ortho intramolecular Hbond substituents is 1. The number of carboxylic acid groups (broad SMARTS) is 1. The van der Waals surface area contributed by atoms with Crippen molar-refractivity contribution in [2.24, 2.45) is 10.2 Å². The maximum Gasteiger partial charge on any atom is 0.322 e. The second-order valence-electron chi connectivity index (χ2n) is 6.70. The van der Waals surface area contributed by atoms with Crippen LogP contribution in [-0.4, -0.2) is 53.0 Å². The van der Waals surface area contributed by atoms with E-state index in [2.05, 4.69) is 26.2 Å². The van der Waals surface area contributed by atoms with Crippen LogP contribution in [0.2, 0.25) is 0 Å². The molecule has 2 aromatic carbocycles. The van der Waals surface area contributed by atoms with Crippen LogP contribution in [0.4, 0.5) is 11.4 Å². The zero-order valence-electron chi connectivity index (χ0n) is 17.2. The van der Waals surface area contributed by atoms with Crippen molar-refractivity contribution in [1.29, 1.82) is 0 Å². The number of benzene rings is 2. The number of phenols is 1. The van der Waals surface area contributed by atoms with Gasteiger partial charge in [0.1, 0.15) is 24.0 Å². The quantitative estimate of drug-likeness (QED) is 0.347. The minimum absolute atomic E-state index is 0.0519. The Morgan fingerprint density at radius 3 is 2.34 bits per heavy atom. The molecular weight excluding hydrogens is 418 g/mol. The summed E-state index contributed by atoms with van der Waals surface area (Å²) in [5, 5.41) is 33.7. The number of nitrogens with zero attached hydrogens (tertiary/aromatic N) is 2. The molecule has 3 amide bonds. The second-order valence-corrected chi connectivity index (χ2v) is 6.70. The summed E-state index contributed by atoms with van der Waals surface area (Å²) in [6.45, 7) is 0.224. The van der Waals surface area contributed by atoms with Crippen LogP contribution in [0.3, 0.4) is 0 Å². The van der Waals surface area contributed by atoms with Crippen LogP contribution in [0.5, 0.6) is 5.75 Å². The van der Waals surface area contributed by atoms with E-state index in [0.717, 1.165) is 0 Å². The summed E-state index contributed by atoms with van der Waals surface area (Å²) in [5.74, 6) is -3.09. The van der Waals surface area contributed by atoms with E-state index in [1.807, 2.05) is 6.07 Å². The third kappa shape index (κ3) is 8.22. The van der Waals surface area contributed by atoms with Crippen molar-refractivity contribution in [3.63, 3.8) is 0 Å². The third-order valence-electron chi connectivity index (χ3n) is 4.06. The normalized spacial score (nSPS) is 11.5. The summed E-state index contributed by atoms with van der Waals surface area (Å²) in [5.41, 5.74) is 1.35. The Hall–Kier alpha value is -4.28. The molecule has 2 rings (SSSR count). The zero-order chi connectivity index (χ0) is 23.5. The molecule has 0 aromatic heterocycles. The van der Waals surface area contributed by atoms with Crippen molar-refractivity contribution >= 4 is 35.1 Å². The monoisotopic (exact) mass is 441 g/mol. The molecule has 0 fully saturated rings. The molecule has 0 aliphatic rings. The SMILES string of the molecule is CC(=O)N[C@@H](Cc1ccc(O)c(N=Nc2ccccc2)c1)C(=O)NCC(=O)NCC(=O)O. The molecule has 168 valence electrons. The lowest BCUT2D eigenvalue weighted by molar-refractivity contribution is -0.138. The van der Waals surface area contributed by atoms with Gasteiger partial charge in [-0.3, -0.25) is 19.2 Å². The molecule has 1 atom stereocenters. The molecular formula is C21H23N5O6. The molecule has 5 N–H and O–H groups in total. The lowest BCUT2D eigenvalue weighted by Gasteiger charge is -2.18. The van der Waals surface area contributed by atoms with E-state index in [1.165, 1.54) is 19.1 Å². The molecule has 11 heteroatoms. The van der Waals surface area contributed by atoms with Crippen LogP contribution in [0.25, 0.3) is 0 Å². The molecule has 0 aliphatic carbocycles. The molecule has 0 spiro atoms. The average Bonchev–Trinajstić information content (AvgIpc) is 2.76. The number of hydrogen-bond donors (Lipinski definition) is 5. The largest absolute Gasteiger partial charge is 0.506 e. The average molecular weight is 441 g/mol. The van der Waals surface area contributed by atoms with Gasteiger partial charge in [0.15, 0.2) is 0 Å². The number of amides is 3. The van der Waals surface area contributed by atoms with Gasteiger partial charge in [-0.2, -0.15) is 5.11 Å². The Morgan fingerprint density at radius 1 is 0.969 bits per heavy atom.